The van der Waals surface area contributed by atoms with Gasteiger partial charge >= 0.3 is 5.97 Å². The Kier molecular flexibility index (Phi) is 7.53. The number of fused-ring (bicyclic) bond motifs is 1. The van der Waals surface area contributed by atoms with Gasteiger partial charge < -0.3 is 19.5 Å². The zero-order valence-corrected chi connectivity index (χ0v) is 22.8. The molecular formula is C26H25ClF2N6O4S. The van der Waals surface area contributed by atoms with Gasteiger partial charge in [0.2, 0.25) is 11.8 Å². The zero-order valence-electron chi connectivity index (χ0n) is 21.2. The molecule has 0 aliphatic carbocycles. The Morgan fingerprint density at radius 1 is 1.23 bits per heavy atom. The number of carboxylic acids is 1. The van der Waals surface area contributed by atoms with E-state index in [9.17, 15) is 18.7 Å². The third-order valence-electron chi connectivity index (χ3n) is 7.03. The van der Waals surface area contributed by atoms with E-state index in [1.165, 1.54) is 29.5 Å². The summed E-state index contributed by atoms with van der Waals surface area (Å²) in [5.74, 6) is -2.15. The second-order valence-corrected chi connectivity index (χ2v) is 11.1. The van der Waals surface area contributed by atoms with Gasteiger partial charge in [-0.15, -0.1) is 11.3 Å². The van der Waals surface area contributed by atoms with Crippen LogP contribution in [0.4, 0.5) is 14.7 Å². The van der Waals surface area contributed by atoms with Crippen LogP contribution in [0.5, 0.6) is 5.88 Å². The highest BCUT2D eigenvalue weighted by molar-refractivity contribution is 7.19. The number of anilines is 1. The second-order valence-electron chi connectivity index (χ2n) is 9.67. The number of aromatic nitrogens is 4. The molecule has 3 aromatic heterocycles. The lowest BCUT2D eigenvalue weighted by Crippen LogP contribution is -2.46. The van der Waals surface area contributed by atoms with Crippen LogP contribution in [0.1, 0.15) is 32.9 Å². The summed E-state index contributed by atoms with van der Waals surface area (Å²) in [6.45, 7) is 3.74. The van der Waals surface area contributed by atoms with Gasteiger partial charge in [-0.3, -0.25) is 4.90 Å². The van der Waals surface area contributed by atoms with Crippen LogP contribution >= 0.6 is 22.9 Å². The van der Waals surface area contributed by atoms with Crippen LogP contribution < -0.4 is 9.64 Å². The van der Waals surface area contributed by atoms with Crippen molar-refractivity contribution < 1.29 is 28.2 Å². The molecule has 2 fully saturated rings. The van der Waals surface area contributed by atoms with Gasteiger partial charge in [-0.2, -0.15) is 14.5 Å². The smallest absolute Gasteiger partial charge is 0.347 e. The van der Waals surface area contributed by atoms with E-state index in [1.807, 2.05) is 4.90 Å². The Morgan fingerprint density at radius 3 is 2.73 bits per heavy atom. The van der Waals surface area contributed by atoms with Crippen molar-refractivity contribution in [3.8, 4) is 5.88 Å². The number of carboxylic acid groups (broad SMARTS) is 1. The lowest BCUT2D eigenvalue weighted by Gasteiger charge is -2.34. The maximum absolute atomic E-state index is 14.4. The molecule has 0 spiro atoms. The minimum Gasteiger partial charge on any atom is -0.477 e. The second kappa shape index (κ2) is 11.2. The molecule has 5 heterocycles. The summed E-state index contributed by atoms with van der Waals surface area (Å²) in [7, 11) is 0. The Labute approximate surface area is 236 Å². The molecule has 0 radical (unpaired) electrons. The van der Waals surface area contributed by atoms with Crippen molar-refractivity contribution in [1.29, 1.82) is 0 Å². The number of ether oxygens (including phenoxy) is 2. The highest BCUT2D eigenvalue weighted by Crippen LogP contribution is 2.30. The summed E-state index contributed by atoms with van der Waals surface area (Å²) in [5, 5.41) is 14.4. The molecule has 210 valence electrons. The Bertz CT molecular complexity index is 1550. The van der Waals surface area contributed by atoms with Crippen molar-refractivity contribution in [3.05, 3.63) is 68.9 Å². The molecule has 2 saturated heterocycles. The summed E-state index contributed by atoms with van der Waals surface area (Å²) in [6.07, 6.45) is 4.42. The normalized spacial score (nSPS) is 17.8. The van der Waals surface area contributed by atoms with Crippen LogP contribution in [-0.2, 0) is 24.3 Å². The molecule has 2 aliphatic heterocycles. The molecule has 1 aromatic carbocycles. The van der Waals surface area contributed by atoms with Crippen molar-refractivity contribution in [1.82, 2.24) is 24.5 Å². The first-order chi connectivity index (χ1) is 19.3. The Morgan fingerprint density at radius 2 is 2.02 bits per heavy atom. The number of nitrogens with zero attached hydrogens (tertiary/aromatic N) is 6. The fourth-order valence-corrected chi connectivity index (χ4v) is 5.86. The predicted molar refractivity (Wildman–Crippen MR) is 143 cm³/mol. The number of carbonyl (C=O) groups is 1. The van der Waals surface area contributed by atoms with E-state index in [4.69, 9.17) is 26.2 Å². The van der Waals surface area contributed by atoms with Crippen molar-refractivity contribution in [2.45, 2.75) is 32.1 Å². The predicted octanol–water partition coefficient (Wildman–Crippen LogP) is 4.05. The molecule has 10 nitrogen and oxygen atoms in total. The molecule has 4 aromatic rings. The van der Waals surface area contributed by atoms with Crippen LogP contribution in [0.3, 0.4) is 0 Å². The van der Waals surface area contributed by atoms with Crippen molar-refractivity contribution in [3.63, 3.8) is 0 Å². The number of rotatable bonds is 9. The van der Waals surface area contributed by atoms with E-state index < -0.39 is 17.6 Å². The zero-order chi connectivity index (χ0) is 27.8. The number of piperazine rings is 1. The van der Waals surface area contributed by atoms with Crippen LogP contribution in [0.2, 0.25) is 5.02 Å². The quantitative estimate of drug-likeness (QED) is 0.309. The SMILES string of the molecule is O=C(O)c1cn2nc(CN3CCN(c4ncc(F)c(OCc5ccc(Cl)cc5F)n4)CC3)c(CC3CCO3)c2s1. The van der Waals surface area contributed by atoms with Gasteiger partial charge in [-0.05, 0) is 18.6 Å². The maximum atomic E-state index is 14.4. The number of aromatic carboxylic acids is 1. The molecule has 0 bridgehead atoms. The third-order valence-corrected chi connectivity index (χ3v) is 8.39. The third kappa shape index (κ3) is 5.59. The number of hydrogen-bond donors (Lipinski definition) is 1. The fraction of sp³-hybridized carbons (Fsp3) is 0.385. The molecule has 40 heavy (non-hydrogen) atoms. The first-order valence-corrected chi connectivity index (χ1v) is 13.9. The monoisotopic (exact) mass is 590 g/mol. The average Bonchev–Trinajstić information content (AvgIpc) is 3.45. The molecule has 1 atom stereocenters. The summed E-state index contributed by atoms with van der Waals surface area (Å²) >= 11 is 7.02. The van der Waals surface area contributed by atoms with Gasteiger partial charge in [0.25, 0.3) is 5.88 Å². The van der Waals surface area contributed by atoms with Gasteiger partial charge in [0.1, 0.15) is 22.1 Å². The van der Waals surface area contributed by atoms with Gasteiger partial charge in [-0.1, -0.05) is 17.7 Å². The topological polar surface area (TPSA) is 105 Å². The van der Waals surface area contributed by atoms with Gasteiger partial charge in [0.15, 0.2) is 0 Å². The molecular weight excluding hydrogens is 566 g/mol. The first kappa shape index (κ1) is 26.8. The molecule has 1 N–H and O–H groups in total. The minimum absolute atomic E-state index is 0.127. The fourth-order valence-electron chi connectivity index (χ4n) is 4.74. The number of halogens is 3. The Hall–Kier alpha value is -3.39. The highest BCUT2D eigenvalue weighted by Gasteiger charge is 2.27. The van der Waals surface area contributed by atoms with E-state index >= 15 is 0 Å². The molecule has 0 amide bonds. The molecule has 1 unspecified atom stereocenters. The van der Waals surface area contributed by atoms with Crippen molar-refractivity contribution in [2.75, 3.05) is 37.7 Å². The summed E-state index contributed by atoms with van der Waals surface area (Å²) in [6, 6.07) is 4.19. The van der Waals surface area contributed by atoms with Crippen molar-refractivity contribution in [2.24, 2.45) is 0 Å². The van der Waals surface area contributed by atoms with Crippen LogP contribution in [-0.4, -0.2) is 74.4 Å². The average molecular weight is 591 g/mol. The van der Waals surface area contributed by atoms with E-state index in [1.54, 1.807) is 10.7 Å². The van der Waals surface area contributed by atoms with E-state index in [0.29, 0.717) is 45.1 Å². The summed E-state index contributed by atoms with van der Waals surface area (Å²) in [4.78, 5) is 25.1. The largest absolute Gasteiger partial charge is 0.477 e. The molecule has 6 rings (SSSR count). The van der Waals surface area contributed by atoms with Crippen LogP contribution in [0.25, 0.3) is 4.83 Å². The van der Waals surface area contributed by atoms with E-state index in [-0.39, 0.29) is 34.1 Å². The van der Waals surface area contributed by atoms with E-state index in [0.717, 1.165) is 35.3 Å². The maximum Gasteiger partial charge on any atom is 0.347 e. The van der Waals surface area contributed by atoms with Gasteiger partial charge in [0.05, 0.1) is 24.2 Å². The van der Waals surface area contributed by atoms with Crippen molar-refractivity contribution >= 4 is 39.7 Å². The number of hydrogen-bond acceptors (Lipinski definition) is 9. The lowest BCUT2D eigenvalue weighted by atomic mass is 10.0. The Balaban J connectivity index is 1.11. The first-order valence-electron chi connectivity index (χ1n) is 12.8. The minimum atomic E-state index is -0.965. The van der Waals surface area contributed by atoms with Crippen LogP contribution in [0.15, 0.2) is 30.6 Å². The van der Waals surface area contributed by atoms with Crippen LogP contribution in [0, 0.1) is 11.6 Å². The molecule has 0 saturated carbocycles. The summed E-state index contributed by atoms with van der Waals surface area (Å²) < 4.78 is 41.2. The number of benzene rings is 1. The van der Waals surface area contributed by atoms with Gasteiger partial charge in [-0.25, -0.2) is 18.7 Å². The summed E-state index contributed by atoms with van der Waals surface area (Å²) in [5.41, 5.74) is 2.18. The standard InChI is InChI=1S/C26H25ClF2N6O4S/c27-16-2-1-15(19(28)9-16)14-39-23-20(29)11-30-26(31-23)34-6-4-33(5-7-34)12-21-18(10-17-3-8-38-17)24-35(32-21)13-22(40-24)25(36)37/h1-2,9,11,13,17H,3-8,10,12,14H2,(H,36,37). The molecule has 14 heteroatoms. The molecule has 2 aliphatic rings. The van der Waals surface area contributed by atoms with Gasteiger partial charge in [0, 0.05) is 61.9 Å². The lowest BCUT2D eigenvalue weighted by molar-refractivity contribution is -0.0491. The number of thiazole rings is 1. The van der Waals surface area contributed by atoms with E-state index in [2.05, 4.69) is 14.9 Å². The highest BCUT2D eigenvalue weighted by atomic mass is 35.5.